The van der Waals surface area contributed by atoms with Crippen LogP contribution in [0.2, 0.25) is 0 Å². The van der Waals surface area contributed by atoms with Gasteiger partial charge in [0.05, 0.1) is 15.6 Å². The van der Waals surface area contributed by atoms with E-state index in [0.29, 0.717) is 9.48 Å². The lowest BCUT2D eigenvalue weighted by atomic mass is 10.2. The third kappa shape index (κ3) is 6.14. The lowest BCUT2D eigenvalue weighted by molar-refractivity contribution is -0.134. The second-order valence-corrected chi connectivity index (χ2v) is 11.0. The summed E-state index contributed by atoms with van der Waals surface area (Å²) in [6.07, 6.45) is -1.99. The maximum absolute atomic E-state index is 12.9. The van der Waals surface area contributed by atoms with Crippen molar-refractivity contribution in [2.75, 3.05) is 32.3 Å². The third-order valence-corrected chi connectivity index (χ3v) is 7.26. The molecule has 1 aliphatic heterocycles. The molecule has 1 aromatic heterocycles. The first-order valence-electron chi connectivity index (χ1n) is 9.39. The van der Waals surface area contributed by atoms with Crippen molar-refractivity contribution in [2.24, 2.45) is 0 Å². The van der Waals surface area contributed by atoms with Gasteiger partial charge in [-0.25, -0.2) is 9.78 Å². The van der Waals surface area contributed by atoms with E-state index in [4.69, 9.17) is 5.11 Å². The average Bonchev–Trinajstić information content (AvgIpc) is 3.14. The molecule has 0 unspecified atom stereocenters. The summed E-state index contributed by atoms with van der Waals surface area (Å²) in [5, 5.41) is 11.4. The second-order valence-electron chi connectivity index (χ2n) is 6.98. The van der Waals surface area contributed by atoms with Gasteiger partial charge in [0, 0.05) is 31.7 Å². The van der Waals surface area contributed by atoms with E-state index in [1.165, 1.54) is 4.90 Å². The van der Waals surface area contributed by atoms with Gasteiger partial charge < -0.3 is 30.0 Å². The molecule has 11 nitrogen and oxygen atoms in total. The number of halogens is 1. The van der Waals surface area contributed by atoms with Crippen LogP contribution in [0.25, 0.3) is 11.3 Å². The molecule has 3 rings (SSSR count). The number of piperazine rings is 1. The van der Waals surface area contributed by atoms with Crippen LogP contribution < -0.4 is 5.32 Å². The van der Waals surface area contributed by atoms with Crippen molar-refractivity contribution in [1.29, 1.82) is 0 Å². The van der Waals surface area contributed by atoms with Gasteiger partial charge in [0.25, 0.3) is 5.91 Å². The van der Waals surface area contributed by atoms with E-state index in [-0.39, 0.29) is 31.2 Å². The molecule has 0 radical (unpaired) electrons. The predicted octanol–water partition coefficient (Wildman–Crippen LogP) is 1.67. The van der Waals surface area contributed by atoms with E-state index in [2.05, 4.69) is 26.2 Å². The van der Waals surface area contributed by atoms with E-state index in [9.17, 15) is 28.7 Å². The van der Waals surface area contributed by atoms with Gasteiger partial charge in [-0.05, 0) is 15.9 Å². The number of amides is 3. The van der Waals surface area contributed by atoms with Crippen molar-refractivity contribution in [2.45, 2.75) is 6.04 Å². The summed E-state index contributed by atoms with van der Waals surface area (Å²) in [5.74, 6) is -1.43. The lowest BCUT2D eigenvalue weighted by Crippen LogP contribution is -2.56. The van der Waals surface area contributed by atoms with Gasteiger partial charge in [0.1, 0.15) is 6.04 Å². The first-order chi connectivity index (χ1) is 15.0. The van der Waals surface area contributed by atoms with Crippen LogP contribution in [0.3, 0.4) is 0 Å². The van der Waals surface area contributed by atoms with Crippen molar-refractivity contribution in [3.05, 3.63) is 39.1 Å². The van der Waals surface area contributed by atoms with Gasteiger partial charge in [0.15, 0.2) is 5.01 Å². The number of carbonyl (C=O) groups excluding carboxylic acids is 2. The largest absolute Gasteiger partial charge is 0.465 e. The molecule has 4 N–H and O–H groups in total. The Hall–Kier alpha value is -2.31. The zero-order chi connectivity index (χ0) is 23.5. The van der Waals surface area contributed by atoms with Crippen LogP contribution in [0.1, 0.15) is 9.80 Å². The summed E-state index contributed by atoms with van der Waals surface area (Å²) in [7, 11) is -4.65. The van der Waals surface area contributed by atoms with Gasteiger partial charge in [-0.3, -0.25) is 14.2 Å². The van der Waals surface area contributed by atoms with Crippen molar-refractivity contribution in [3.63, 3.8) is 0 Å². The van der Waals surface area contributed by atoms with Crippen LogP contribution in [0.4, 0.5) is 4.79 Å². The summed E-state index contributed by atoms with van der Waals surface area (Å²) in [4.78, 5) is 62.2. The fourth-order valence-corrected chi connectivity index (χ4v) is 5.37. The SMILES string of the molecule is O=C(N[C@@H](CP(=O)(O)O)C(=O)N1CCN(C(=O)O)CC1)c1nc(-c2ccccc2)c(Br)s1. The Bertz CT molecular complexity index is 1050. The van der Waals surface area contributed by atoms with E-state index in [0.717, 1.165) is 21.8 Å². The normalized spacial score (nSPS) is 15.3. The quantitative estimate of drug-likeness (QED) is 0.398. The maximum atomic E-state index is 12.9. The van der Waals surface area contributed by atoms with E-state index in [1.807, 2.05) is 30.3 Å². The minimum Gasteiger partial charge on any atom is -0.465 e. The van der Waals surface area contributed by atoms with E-state index in [1.54, 1.807) is 0 Å². The molecule has 14 heteroatoms. The Morgan fingerprint density at radius 1 is 1.12 bits per heavy atom. The summed E-state index contributed by atoms with van der Waals surface area (Å²) < 4.78 is 12.2. The van der Waals surface area contributed by atoms with Crippen LogP contribution >= 0.6 is 34.9 Å². The summed E-state index contributed by atoms with van der Waals surface area (Å²) >= 11 is 4.40. The molecule has 0 aliphatic carbocycles. The molecule has 0 saturated carbocycles. The highest BCUT2D eigenvalue weighted by Crippen LogP contribution is 2.36. The lowest BCUT2D eigenvalue weighted by Gasteiger charge is -2.35. The molecule has 172 valence electrons. The number of aromatic nitrogens is 1. The number of hydrogen-bond donors (Lipinski definition) is 4. The minimum atomic E-state index is -4.65. The Morgan fingerprint density at radius 2 is 1.72 bits per heavy atom. The standard InChI is InChI=1S/C18H20BrN4O7PS/c19-14-13(11-4-2-1-3-5-11)21-16(32-14)15(24)20-12(10-31(28,29)30)17(25)22-6-8-23(9-7-22)18(26)27/h1-5,12H,6-10H2,(H,20,24)(H,26,27)(H2,28,29,30)/t12-/m0/s1. The number of carboxylic acid groups (broad SMARTS) is 1. The predicted molar refractivity (Wildman–Crippen MR) is 120 cm³/mol. The number of thiazole rings is 1. The molecular formula is C18H20BrN4O7PS. The Balaban J connectivity index is 1.76. The van der Waals surface area contributed by atoms with Gasteiger partial charge in [-0.15, -0.1) is 11.3 Å². The fourth-order valence-electron chi connectivity index (χ4n) is 3.15. The van der Waals surface area contributed by atoms with Gasteiger partial charge in [-0.1, -0.05) is 30.3 Å². The minimum absolute atomic E-state index is 0.0231. The maximum Gasteiger partial charge on any atom is 0.407 e. The molecule has 0 bridgehead atoms. The molecule has 1 atom stereocenters. The topological polar surface area (TPSA) is 160 Å². The van der Waals surface area contributed by atoms with Crippen LogP contribution in [-0.2, 0) is 9.36 Å². The Labute approximate surface area is 195 Å². The zero-order valence-electron chi connectivity index (χ0n) is 16.5. The van der Waals surface area contributed by atoms with Crippen molar-refractivity contribution in [3.8, 4) is 11.3 Å². The second kappa shape index (κ2) is 10.1. The molecule has 3 amide bonds. The number of nitrogens with zero attached hydrogens (tertiary/aromatic N) is 3. The van der Waals surface area contributed by atoms with Crippen molar-refractivity contribution in [1.82, 2.24) is 20.1 Å². The highest BCUT2D eigenvalue weighted by molar-refractivity contribution is 9.11. The zero-order valence-corrected chi connectivity index (χ0v) is 19.8. The molecule has 1 saturated heterocycles. The van der Waals surface area contributed by atoms with Crippen LogP contribution in [0.5, 0.6) is 0 Å². The highest BCUT2D eigenvalue weighted by Gasteiger charge is 2.35. The molecular weight excluding hydrogens is 527 g/mol. The van der Waals surface area contributed by atoms with Gasteiger partial charge in [-0.2, -0.15) is 0 Å². The Morgan fingerprint density at radius 3 is 2.28 bits per heavy atom. The number of hydrogen-bond acceptors (Lipinski definition) is 6. The number of carbonyl (C=O) groups is 3. The van der Waals surface area contributed by atoms with Gasteiger partial charge >= 0.3 is 13.7 Å². The molecule has 1 fully saturated rings. The monoisotopic (exact) mass is 546 g/mol. The summed E-state index contributed by atoms with van der Waals surface area (Å²) in [6.45, 7) is 0.244. The average molecular weight is 547 g/mol. The molecule has 1 aromatic carbocycles. The van der Waals surface area contributed by atoms with Crippen molar-refractivity contribution < 1.29 is 33.8 Å². The Kier molecular flexibility index (Phi) is 7.67. The van der Waals surface area contributed by atoms with E-state index < -0.39 is 37.7 Å². The number of nitrogens with one attached hydrogen (secondary N) is 1. The highest BCUT2D eigenvalue weighted by atomic mass is 79.9. The first-order valence-corrected chi connectivity index (χ1v) is 12.8. The van der Waals surface area contributed by atoms with E-state index >= 15 is 0 Å². The van der Waals surface area contributed by atoms with Crippen LogP contribution in [-0.4, -0.2) is 86.0 Å². The molecule has 32 heavy (non-hydrogen) atoms. The van der Waals surface area contributed by atoms with Crippen LogP contribution in [0, 0.1) is 0 Å². The number of rotatable bonds is 6. The first kappa shape index (κ1) is 24.3. The molecule has 1 aliphatic rings. The summed E-state index contributed by atoms with van der Waals surface area (Å²) in [6, 6.07) is 7.63. The van der Waals surface area contributed by atoms with Crippen LogP contribution in [0.15, 0.2) is 34.1 Å². The third-order valence-electron chi connectivity index (χ3n) is 4.71. The molecule has 2 aromatic rings. The summed E-state index contributed by atoms with van der Waals surface area (Å²) in [5.41, 5.74) is 1.30. The molecule has 2 heterocycles. The fraction of sp³-hybridized carbons (Fsp3) is 0.333. The van der Waals surface area contributed by atoms with Gasteiger partial charge in [0.2, 0.25) is 5.91 Å². The smallest absolute Gasteiger partial charge is 0.407 e. The van der Waals surface area contributed by atoms with Crippen molar-refractivity contribution >= 4 is 52.8 Å². The molecule has 0 spiro atoms. The number of benzene rings is 1.